The SMILES string of the molecule is CC(=N)N1CC[C@@H](Oc2ccc(C(Cc3ccc4ccc(C(=N)N)cc4c3)C(=O)O)cc2)C1. The van der Waals surface area contributed by atoms with Crippen molar-refractivity contribution in [2.45, 2.75) is 31.8 Å². The number of rotatable bonds is 7. The molecule has 2 atom stereocenters. The molecule has 0 spiro atoms. The summed E-state index contributed by atoms with van der Waals surface area (Å²) >= 11 is 0. The third-order valence-electron chi connectivity index (χ3n) is 6.16. The summed E-state index contributed by atoms with van der Waals surface area (Å²) in [5, 5.41) is 27.2. The molecule has 0 amide bonds. The zero-order valence-electron chi connectivity index (χ0n) is 18.5. The molecular formula is C26H28N4O3. The fourth-order valence-corrected chi connectivity index (χ4v) is 4.27. The van der Waals surface area contributed by atoms with Crippen LogP contribution >= 0.6 is 0 Å². The maximum Gasteiger partial charge on any atom is 0.311 e. The van der Waals surface area contributed by atoms with E-state index in [2.05, 4.69) is 0 Å². The van der Waals surface area contributed by atoms with Gasteiger partial charge in [0.15, 0.2) is 0 Å². The summed E-state index contributed by atoms with van der Waals surface area (Å²) in [6.07, 6.45) is 1.25. The third-order valence-corrected chi connectivity index (χ3v) is 6.16. The lowest BCUT2D eigenvalue weighted by Crippen LogP contribution is -2.28. The van der Waals surface area contributed by atoms with Crippen molar-refractivity contribution in [1.29, 1.82) is 10.8 Å². The first-order valence-electron chi connectivity index (χ1n) is 11.0. The van der Waals surface area contributed by atoms with Gasteiger partial charge in [0.1, 0.15) is 17.7 Å². The van der Waals surface area contributed by atoms with Gasteiger partial charge >= 0.3 is 5.97 Å². The number of nitrogens with two attached hydrogens (primary N) is 1. The number of hydrogen-bond donors (Lipinski definition) is 4. The van der Waals surface area contributed by atoms with E-state index in [4.69, 9.17) is 21.3 Å². The summed E-state index contributed by atoms with van der Waals surface area (Å²) in [7, 11) is 0. The molecule has 1 heterocycles. The molecule has 4 rings (SSSR count). The summed E-state index contributed by atoms with van der Waals surface area (Å²) in [5.74, 6) is -0.303. The number of ether oxygens (including phenoxy) is 1. The van der Waals surface area contributed by atoms with Gasteiger partial charge in [0, 0.05) is 18.5 Å². The quantitative estimate of drug-likeness (QED) is 0.324. The first kappa shape index (κ1) is 22.3. The number of hydrogen-bond acceptors (Lipinski definition) is 4. The highest BCUT2D eigenvalue weighted by Gasteiger charge is 2.25. The average Bonchev–Trinajstić information content (AvgIpc) is 3.26. The highest BCUT2D eigenvalue weighted by molar-refractivity contribution is 5.99. The molecule has 1 aliphatic rings. The van der Waals surface area contributed by atoms with Crippen molar-refractivity contribution >= 4 is 28.4 Å². The van der Waals surface area contributed by atoms with Gasteiger partial charge in [-0.15, -0.1) is 0 Å². The Balaban J connectivity index is 1.49. The number of likely N-dealkylation sites (tertiary alicyclic amines) is 1. The minimum absolute atomic E-state index is 0.00583. The zero-order chi connectivity index (χ0) is 23.5. The Morgan fingerprint density at radius 1 is 1.12 bits per heavy atom. The Kier molecular flexibility index (Phi) is 6.31. The maximum absolute atomic E-state index is 12.1. The van der Waals surface area contributed by atoms with E-state index in [-0.39, 0.29) is 11.9 Å². The van der Waals surface area contributed by atoms with Gasteiger partial charge in [-0.3, -0.25) is 15.6 Å². The number of fused-ring (bicyclic) bond motifs is 1. The maximum atomic E-state index is 12.1. The van der Waals surface area contributed by atoms with Crippen LogP contribution in [-0.4, -0.2) is 46.8 Å². The lowest BCUT2D eigenvalue weighted by atomic mass is 9.91. The lowest BCUT2D eigenvalue weighted by molar-refractivity contribution is -0.138. The van der Waals surface area contributed by atoms with Crippen LogP contribution in [0, 0.1) is 10.8 Å². The van der Waals surface area contributed by atoms with Crippen LogP contribution in [0.3, 0.4) is 0 Å². The van der Waals surface area contributed by atoms with Gasteiger partial charge in [-0.05, 0) is 53.4 Å². The first-order chi connectivity index (χ1) is 15.8. The second-order valence-electron chi connectivity index (χ2n) is 8.53. The lowest BCUT2D eigenvalue weighted by Gasteiger charge is -2.18. The number of carbonyl (C=O) groups is 1. The van der Waals surface area contributed by atoms with Crippen LogP contribution < -0.4 is 10.5 Å². The third kappa shape index (κ3) is 5.14. The van der Waals surface area contributed by atoms with Gasteiger partial charge in [0.25, 0.3) is 0 Å². The van der Waals surface area contributed by atoms with Crippen molar-refractivity contribution in [1.82, 2.24) is 4.90 Å². The van der Waals surface area contributed by atoms with Gasteiger partial charge < -0.3 is 20.5 Å². The van der Waals surface area contributed by atoms with E-state index >= 15 is 0 Å². The minimum Gasteiger partial charge on any atom is -0.489 e. The van der Waals surface area contributed by atoms with Crippen LogP contribution in [0.1, 0.15) is 36.0 Å². The molecule has 1 saturated heterocycles. The number of carboxylic acid groups (broad SMARTS) is 1. The summed E-state index contributed by atoms with van der Waals surface area (Å²) in [6.45, 7) is 3.29. The minimum atomic E-state index is -0.880. The number of carboxylic acids is 1. The van der Waals surface area contributed by atoms with E-state index in [1.807, 2.05) is 65.6 Å². The van der Waals surface area contributed by atoms with Crippen LogP contribution in [-0.2, 0) is 11.2 Å². The van der Waals surface area contributed by atoms with E-state index in [1.54, 1.807) is 6.92 Å². The molecular weight excluding hydrogens is 416 g/mol. The van der Waals surface area contributed by atoms with Crippen LogP contribution in [0.25, 0.3) is 10.8 Å². The van der Waals surface area contributed by atoms with Gasteiger partial charge in [-0.1, -0.05) is 42.5 Å². The smallest absolute Gasteiger partial charge is 0.311 e. The highest BCUT2D eigenvalue weighted by Crippen LogP contribution is 2.27. The Bertz CT molecular complexity index is 1210. The summed E-state index contributed by atoms with van der Waals surface area (Å²) in [6, 6.07) is 18.7. The van der Waals surface area contributed by atoms with Crippen molar-refractivity contribution < 1.29 is 14.6 Å². The predicted octanol–water partition coefficient (Wildman–Crippen LogP) is 3.99. The molecule has 0 aromatic heterocycles. The number of nitrogens with zero attached hydrogens (tertiary/aromatic N) is 1. The molecule has 0 radical (unpaired) electrons. The number of amidine groups is 2. The number of aliphatic carboxylic acids is 1. The summed E-state index contributed by atoms with van der Waals surface area (Å²) < 4.78 is 6.03. The molecule has 1 unspecified atom stereocenters. The molecule has 0 bridgehead atoms. The van der Waals surface area contributed by atoms with E-state index < -0.39 is 11.9 Å². The molecule has 7 nitrogen and oxygen atoms in total. The van der Waals surface area contributed by atoms with Crippen molar-refractivity contribution in [3.63, 3.8) is 0 Å². The van der Waals surface area contributed by atoms with Crippen molar-refractivity contribution in [2.75, 3.05) is 13.1 Å². The Morgan fingerprint density at radius 2 is 1.85 bits per heavy atom. The fourth-order valence-electron chi connectivity index (χ4n) is 4.27. The van der Waals surface area contributed by atoms with Gasteiger partial charge in [0.05, 0.1) is 18.3 Å². The number of benzene rings is 3. The highest BCUT2D eigenvalue weighted by atomic mass is 16.5. The number of nitrogen functional groups attached to an aromatic ring is 1. The molecule has 3 aromatic carbocycles. The average molecular weight is 445 g/mol. The van der Waals surface area contributed by atoms with Crippen LogP contribution in [0.15, 0.2) is 60.7 Å². The van der Waals surface area contributed by atoms with Gasteiger partial charge in [0.2, 0.25) is 0 Å². The second kappa shape index (κ2) is 9.32. The van der Waals surface area contributed by atoms with Gasteiger partial charge in [-0.25, -0.2) is 0 Å². The fraction of sp³-hybridized carbons (Fsp3) is 0.269. The molecule has 33 heavy (non-hydrogen) atoms. The normalized spacial score (nSPS) is 16.5. The molecule has 5 N–H and O–H groups in total. The molecule has 7 heteroatoms. The van der Waals surface area contributed by atoms with Crippen LogP contribution in [0.5, 0.6) is 5.75 Å². The predicted molar refractivity (Wildman–Crippen MR) is 129 cm³/mol. The monoisotopic (exact) mass is 444 g/mol. The summed E-state index contributed by atoms with van der Waals surface area (Å²) in [5.41, 5.74) is 7.88. The topological polar surface area (TPSA) is 123 Å². The first-order valence-corrected chi connectivity index (χ1v) is 11.0. The van der Waals surface area contributed by atoms with Crippen molar-refractivity contribution in [3.05, 3.63) is 77.4 Å². The Morgan fingerprint density at radius 3 is 2.48 bits per heavy atom. The van der Waals surface area contributed by atoms with Gasteiger partial charge in [-0.2, -0.15) is 0 Å². The molecule has 1 aliphatic heterocycles. The second-order valence-corrected chi connectivity index (χ2v) is 8.53. The standard InChI is InChI=1S/C26H28N4O3/c1-16(27)30-11-10-23(15-30)33-22-8-6-19(7-9-22)24(26(31)32)13-17-2-3-18-4-5-20(25(28)29)14-21(18)12-17/h2-9,12,14,23-24,27H,10-11,13,15H2,1H3,(H3,28,29)(H,31,32)/t23-,24?/m1/s1. The van der Waals surface area contributed by atoms with Crippen molar-refractivity contribution in [3.8, 4) is 5.75 Å². The Hall–Kier alpha value is -3.87. The zero-order valence-corrected chi connectivity index (χ0v) is 18.5. The largest absolute Gasteiger partial charge is 0.489 e. The van der Waals surface area contributed by atoms with Crippen LogP contribution in [0.2, 0.25) is 0 Å². The number of nitrogens with one attached hydrogen (secondary N) is 2. The molecule has 0 aliphatic carbocycles. The van der Waals surface area contributed by atoms with E-state index in [9.17, 15) is 9.90 Å². The molecule has 3 aromatic rings. The Labute approximate surface area is 192 Å². The molecule has 170 valence electrons. The van der Waals surface area contributed by atoms with E-state index in [1.165, 1.54) is 0 Å². The summed E-state index contributed by atoms with van der Waals surface area (Å²) in [4.78, 5) is 14.1. The molecule has 1 fully saturated rings. The van der Waals surface area contributed by atoms with E-state index in [0.717, 1.165) is 34.9 Å². The molecule has 0 saturated carbocycles. The van der Waals surface area contributed by atoms with Crippen LogP contribution in [0.4, 0.5) is 0 Å². The van der Waals surface area contributed by atoms with E-state index in [0.29, 0.717) is 30.1 Å². The van der Waals surface area contributed by atoms with Crippen molar-refractivity contribution in [2.24, 2.45) is 5.73 Å².